The van der Waals surface area contributed by atoms with Gasteiger partial charge < -0.3 is 31.7 Å². The van der Waals surface area contributed by atoms with Crippen molar-refractivity contribution in [1.82, 2.24) is 15.2 Å². The van der Waals surface area contributed by atoms with Gasteiger partial charge in [-0.2, -0.15) is 13.2 Å². The molecule has 17 heteroatoms. The summed E-state index contributed by atoms with van der Waals surface area (Å²) in [6.07, 6.45) is -1.16. The Morgan fingerprint density at radius 2 is 1.67 bits per heavy atom. The number of primary amides is 1. The van der Waals surface area contributed by atoms with Crippen molar-refractivity contribution in [2.45, 2.75) is 57.1 Å². The first-order chi connectivity index (χ1) is 22.9. The molecule has 1 unspecified atom stereocenters. The molecule has 0 spiro atoms. The van der Waals surface area contributed by atoms with Crippen molar-refractivity contribution in [3.63, 3.8) is 0 Å². The van der Waals surface area contributed by atoms with Gasteiger partial charge in [-0.25, -0.2) is 23.3 Å². The van der Waals surface area contributed by atoms with E-state index in [0.29, 0.717) is 30.0 Å². The maximum atomic E-state index is 13.1. The van der Waals surface area contributed by atoms with Crippen LogP contribution in [0.4, 0.5) is 29.5 Å². The minimum atomic E-state index is -4.52. The molecular formula is C32H42F3N7O6S. The molecule has 49 heavy (non-hydrogen) atoms. The first-order valence-electron chi connectivity index (χ1n) is 15.1. The Bertz CT molecular complexity index is 1650. The minimum absolute atomic E-state index is 0.102. The van der Waals surface area contributed by atoms with Crippen LogP contribution in [0.2, 0.25) is 0 Å². The van der Waals surface area contributed by atoms with Crippen molar-refractivity contribution in [3.05, 3.63) is 83.0 Å². The summed E-state index contributed by atoms with van der Waals surface area (Å²) >= 11 is 0. The van der Waals surface area contributed by atoms with Gasteiger partial charge in [-0.1, -0.05) is 35.9 Å². The highest BCUT2D eigenvalue weighted by molar-refractivity contribution is 7.89. The smallest absolute Gasteiger partial charge is 0.387 e. The number of aliphatic hydroxyl groups excluding tert-OH is 1. The van der Waals surface area contributed by atoms with Crippen LogP contribution < -0.4 is 26.8 Å². The number of amides is 4. The first-order valence-corrected chi connectivity index (χ1v) is 16.6. The lowest BCUT2D eigenvalue weighted by atomic mass is 10.1. The lowest BCUT2D eigenvalue weighted by molar-refractivity contribution is -0.137. The molecule has 0 aliphatic carbocycles. The van der Waals surface area contributed by atoms with E-state index in [1.54, 1.807) is 31.0 Å². The second-order valence-electron chi connectivity index (χ2n) is 11.1. The number of anilines is 2. The highest BCUT2D eigenvalue weighted by atomic mass is 32.2. The SMILES string of the molecule is Cc1cc(C)c(S(N)(=O)=O)c(C)c1.NC(=O)CCNC(=O)CO.O=C(Nc1ccccc1C(F)(F)F)N1CCCC1CNc1ccccn1. The quantitative estimate of drug-likeness (QED) is 0.193. The molecule has 3 aromatic rings. The van der Waals surface area contributed by atoms with Crippen LogP contribution in [0.3, 0.4) is 0 Å². The maximum Gasteiger partial charge on any atom is 0.418 e. The van der Waals surface area contributed by atoms with E-state index < -0.39 is 46.2 Å². The van der Waals surface area contributed by atoms with Gasteiger partial charge in [-0.05, 0) is 69.0 Å². The number of aliphatic hydroxyl groups is 1. The average Bonchev–Trinajstić information content (AvgIpc) is 3.48. The molecule has 4 rings (SSSR count). The number of aryl methyl sites for hydroxylation is 3. The van der Waals surface area contributed by atoms with Gasteiger partial charge >= 0.3 is 12.2 Å². The number of sulfonamides is 1. The molecule has 0 bridgehead atoms. The van der Waals surface area contributed by atoms with Crippen molar-refractivity contribution >= 4 is 39.4 Å². The first kappa shape index (κ1) is 40.4. The van der Waals surface area contributed by atoms with Gasteiger partial charge in [-0.3, -0.25) is 9.59 Å². The van der Waals surface area contributed by atoms with Gasteiger partial charge in [0.15, 0.2) is 0 Å². The average molecular weight is 710 g/mol. The zero-order chi connectivity index (χ0) is 36.8. The van der Waals surface area contributed by atoms with Crippen LogP contribution in [0.5, 0.6) is 0 Å². The van der Waals surface area contributed by atoms with E-state index in [4.69, 9.17) is 16.0 Å². The number of nitrogens with two attached hydrogens (primary N) is 2. The van der Waals surface area contributed by atoms with E-state index in [9.17, 15) is 36.0 Å². The van der Waals surface area contributed by atoms with Crippen molar-refractivity contribution < 1.29 is 41.1 Å². The Balaban J connectivity index is 0.000000302. The fourth-order valence-corrected chi connectivity index (χ4v) is 6.04. The number of carbonyl (C=O) groups is 3. The number of rotatable bonds is 9. The van der Waals surface area contributed by atoms with Gasteiger partial charge in [0.1, 0.15) is 12.4 Å². The standard InChI is InChI=1S/C18H19F3N4O.C9H13NO2S.C5H10N2O3/c19-18(20,21)14-7-1-2-8-15(14)24-17(26)25-11-5-6-13(25)12-23-16-9-3-4-10-22-16;1-6-4-7(2)9(8(3)5-6)13(10,11)12;6-4(9)1-2-7-5(10)3-8/h1-4,7-10,13H,5-6,11-12H2,(H,22,23)(H,24,26);4-5H,1-3H3,(H2,10,11,12);8H,1-3H2,(H2,6,9)(H,7,10). The number of pyridine rings is 1. The predicted octanol–water partition coefficient (Wildman–Crippen LogP) is 3.44. The monoisotopic (exact) mass is 709 g/mol. The number of nitrogens with one attached hydrogen (secondary N) is 3. The molecule has 1 fully saturated rings. The van der Waals surface area contributed by atoms with Gasteiger partial charge in [-0.15, -0.1) is 0 Å². The molecule has 1 atom stereocenters. The summed E-state index contributed by atoms with van der Waals surface area (Å²) in [4.78, 5) is 38.9. The molecule has 1 aliphatic heterocycles. The zero-order valence-corrected chi connectivity index (χ0v) is 28.2. The largest absolute Gasteiger partial charge is 0.418 e. The topological polar surface area (TPSA) is 210 Å². The lowest BCUT2D eigenvalue weighted by Crippen LogP contribution is -2.42. The molecule has 8 N–H and O–H groups in total. The molecule has 0 radical (unpaired) electrons. The maximum absolute atomic E-state index is 13.1. The normalized spacial score (nSPS) is 14.0. The summed E-state index contributed by atoms with van der Waals surface area (Å²) in [7, 11) is -3.58. The highest BCUT2D eigenvalue weighted by Gasteiger charge is 2.35. The van der Waals surface area contributed by atoms with Gasteiger partial charge in [0.25, 0.3) is 0 Å². The fraction of sp³-hybridized carbons (Fsp3) is 0.375. The number of aromatic nitrogens is 1. The third-order valence-electron chi connectivity index (χ3n) is 7.02. The number of urea groups is 1. The molecule has 0 saturated carbocycles. The van der Waals surface area contributed by atoms with Crippen LogP contribution in [0.15, 0.2) is 65.7 Å². The Labute approximate surface area is 283 Å². The number of hydrogen-bond acceptors (Lipinski definition) is 8. The third-order valence-corrected chi connectivity index (χ3v) is 8.24. The Morgan fingerprint density at radius 3 is 2.22 bits per heavy atom. The van der Waals surface area contributed by atoms with Gasteiger partial charge in [0, 0.05) is 32.3 Å². The summed E-state index contributed by atoms with van der Waals surface area (Å²) < 4.78 is 61.6. The summed E-state index contributed by atoms with van der Waals surface area (Å²) in [5.41, 5.74) is 6.15. The molecule has 13 nitrogen and oxygen atoms in total. The van der Waals surface area contributed by atoms with Crippen molar-refractivity contribution in [2.75, 3.05) is 36.9 Å². The van der Waals surface area contributed by atoms with Gasteiger partial charge in [0.05, 0.1) is 22.2 Å². The molecule has 2 heterocycles. The van der Waals surface area contributed by atoms with Crippen LogP contribution >= 0.6 is 0 Å². The number of halogens is 3. The Kier molecular flexibility index (Phi) is 15.4. The van der Waals surface area contributed by atoms with Crippen molar-refractivity contribution in [2.24, 2.45) is 10.9 Å². The van der Waals surface area contributed by atoms with E-state index in [-0.39, 0.29) is 29.6 Å². The van der Waals surface area contributed by atoms with Crippen LogP contribution in [0.25, 0.3) is 0 Å². The fourth-order valence-electron chi connectivity index (χ4n) is 5.03. The molecule has 2 aromatic carbocycles. The van der Waals surface area contributed by atoms with Crippen LogP contribution in [-0.2, 0) is 25.8 Å². The molecule has 1 aromatic heterocycles. The van der Waals surface area contributed by atoms with E-state index in [2.05, 4.69) is 20.9 Å². The van der Waals surface area contributed by atoms with Crippen molar-refractivity contribution in [3.8, 4) is 0 Å². The molecule has 268 valence electrons. The second-order valence-corrected chi connectivity index (χ2v) is 12.6. The number of hydrogen-bond donors (Lipinski definition) is 6. The molecule has 4 amide bonds. The molecule has 1 aliphatic rings. The van der Waals surface area contributed by atoms with Crippen LogP contribution in [0.1, 0.15) is 41.5 Å². The Hall–Kier alpha value is -4.74. The van der Waals surface area contributed by atoms with Crippen molar-refractivity contribution in [1.29, 1.82) is 0 Å². The number of carbonyl (C=O) groups excluding carboxylic acids is 3. The van der Waals surface area contributed by atoms with Crippen LogP contribution in [0, 0.1) is 20.8 Å². The number of para-hydroxylation sites is 1. The number of alkyl halides is 3. The summed E-state index contributed by atoms with van der Waals surface area (Å²) in [6, 6.07) is 13.5. The number of nitrogens with zero attached hydrogens (tertiary/aromatic N) is 2. The lowest BCUT2D eigenvalue weighted by Gasteiger charge is -2.26. The molecular weight excluding hydrogens is 667 g/mol. The summed E-state index contributed by atoms with van der Waals surface area (Å²) in [6.45, 7) is 6.06. The van der Waals surface area contributed by atoms with E-state index in [1.165, 1.54) is 18.2 Å². The number of primary sulfonamides is 1. The number of likely N-dealkylation sites (tertiary alicyclic amines) is 1. The van der Waals surface area contributed by atoms with E-state index in [0.717, 1.165) is 24.5 Å². The van der Waals surface area contributed by atoms with Gasteiger partial charge in [0.2, 0.25) is 21.8 Å². The predicted molar refractivity (Wildman–Crippen MR) is 179 cm³/mol. The summed E-state index contributed by atoms with van der Waals surface area (Å²) in [5.74, 6) is -0.276. The highest BCUT2D eigenvalue weighted by Crippen LogP contribution is 2.35. The van der Waals surface area contributed by atoms with Crippen LogP contribution in [-0.4, -0.2) is 73.5 Å². The molecule has 1 saturated heterocycles. The minimum Gasteiger partial charge on any atom is -0.387 e. The third kappa shape index (κ3) is 13.7. The van der Waals surface area contributed by atoms with E-state index in [1.807, 2.05) is 31.2 Å². The second kappa shape index (κ2) is 18.7. The number of benzene rings is 2. The Morgan fingerprint density at radius 1 is 1.04 bits per heavy atom. The van der Waals surface area contributed by atoms with E-state index >= 15 is 0 Å². The summed E-state index contributed by atoms with van der Waals surface area (Å²) in [5, 5.41) is 21.1. The zero-order valence-electron chi connectivity index (χ0n) is 27.4.